The average Bonchev–Trinajstić information content (AvgIpc) is 3.70. The minimum atomic E-state index is -3.47. The van der Waals surface area contributed by atoms with Gasteiger partial charge in [-0.15, -0.1) is 0 Å². The van der Waals surface area contributed by atoms with E-state index in [0.717, 1.165) is 11.1 Å². The maximum absolute atomic E-state index is 14.3. The number of sulfonamides is 1. The smallest absolute Gasteiger partial charge is 0.304 e. The highest BCUT2D eigenvalue weighted by molar-refractivity contribution is 7.90. The van der Waals surface area contributed by atoms with Crippen LogP contribution in [0.25, 0.3) is 0 Å². The van der Waals surface area contributed by atoms with Crippen LogP contribution in [0.4, 0.5) is 0 Å². The van der Waals surface area contributed by atoms with Gasteiger partial charge in [-0.1, -0.05) is 61.3 Å². The standard InChI is InChI=1S/C28H34Cl2N2O5S/c1-4-22(17-31(3)38(36,37)23-12-13-23)32-26(18-8-10-20(29)11-9-18)24(19-6-5-7-21(30)14-19)15-28(2,27(32)35)16-25(33)34/h5-11,14,22-24,26H,4,12-13,15-17H2,1-3H3,(H,33,34)/t22-,24+,26?,28+/m0/s1. The number of rotatable bonds is 10. The van der Waals surface area contributed by atoms with Gasteiger partial charge in [0.05, 0.1) is 23.1 Å². The number of likely N-dealkylation sites (N-methyl/N-ethyl adjacent to an activating group) is 1. The maximum atomic E-state index is 14.3. The minimum absolute atomic E-state index is 0.122. The van der Waals surface area contributed by atoms with Crippen LogP contribution in [0.3, 0.4) is 0 Å². The molecule has 1 amide bonds. The van der Waals surface area contributed by atoms with Crippen molar-refractivity contribution in [3.8, 4) is 0 Å². The Morgan fingerprint density at radius 1 is 1.13 bits per heavy atom. The number of carboxylic acids is 1. The monoisotopic (exact) mass is 580 g/mol. The van der Waals surface area contributed by atoms with Gasteiger partial charge in [0.1, 0.15) is 0 Å². The van der Waals surface area contributed by atoms with Gasteiger partial charge in [0.2, 0.25) is 15.9 Å². The van der Waals surface area contributed by atoms with Gasteiger partial charge < -0.3 is 10.0 Å². The molecule has 0 radical (unpaired) electrons. The molecule has 1 aliphatic heterocycles. The summed E-state index contributed by atoms with van der Waals surface area (Å²) in [5, 5.41) is 10.5. The first-order valence-corrected chi connectivity index (χ1v) is 15.1. The third-order valence-corrected chi connectivity index (χ3v) is 10.7. The van der Waals surface area contributed by atoms with Crippen molar-refractivity contribution in [1.29, 1.82) is 0 Å². The van der Waals surface area contributed by atoms with Crippen LogP contribution in [-0.2, 0) is 19.6 Å². The van der Waals surface area contributed by atoms with Crippen LogP contribution in [0.15, 0.2) is 48.5 Å². The summed E-state index contributed by atoms with van der Waals surface area (Å²) in [7, 11) is -1.91. The predicted molar refractivity (Wildman–Crippen MR) is 149 cm³/mol. The number of aliphatic carboxylic acids is 1. The van der Waals surface area contributed by atoms with Crippen molar-refractivity contribution in [3.63, 3.8) is 0 Å². The number of carbonyl (C=O) groups is 2. The zero-order valence-electron chi connectivity index (χ0n) is 21.8. The largest absolute Gasteiger partial charge is 0.481 e. The van der Waals surface area contributed by atoms with Crippen molar-refractivity contribution in [3.05, 3.63) is 69.7 Å². The first kappa shape index (κ1) is 28.9. The van der Waals surface area contributed by atoms with Crippen molar-refractivity contribution in [2.45, 2.75) is 69.2 Å². The van der Waals surface area contributed by atoms with Crippen LogP contribution < -0.4 is 0 Å². The van der Waals surface area contributed by atoms with Gasteiger partial charge in [-0.25, -0.2) is 12.7 Å². The predicted octanol–water partition coefficient (Wildman–Crippen LogP) is 5.73. The van der Waals surface area contributed by atoms with E-state index in [2.05, 4.69) is 0 Å². The number of amides is 1. The molecule has 0 spiro atoms. The second kappa shape index (κ2) is 11.2. The molecule has 1 saturated heterocycles. The van der Waals surface area contributed by atoms with Gasteiger partial charge in [0, 0.05) is 35.6 Å². The molecule has 0 aromatic heterocycles. The summed E-state index contributed by atoms with van der Waals surface area (Å²) in [6.45, 7) is 3.74. The molecule has 0 bridgehead atoms. The molecule has 4 rings (SSSR count). The molecule has 2 aromatic carbocycles. The second-order valence-electron chi connectivity index (χ2n) is 10.8. The summed E-state index contributed by atoms with van der Waals surface area (Å²) < 4.78 is 27.4. The number of halogens is 2. The van der Waals surface area contributed by atoms with Gasteiger partial charge in [-0.05, 0) is 61.1 Å². The molecule has 1 unspecified atom stereocenters. The molecular formula is C28H34Cl2N2O5S. The van der Waals surface area contributed by atoms with Crippen LogP contribution >= 0.6 is 23.2 Å². The summed E-state index contributed by atoms with van der Waals surface area (Å²) in [5.41, 5.74) is 0.542. The van der Waals surface area contributed by atoms with Crippen molar-refractivity contribution in [2.75, 3.05) is 13.6 Å². The van der Waals surface area contributed by atoms with Crippen LogP contribution in [0, 0.1) is 5.41 Å². The first-order valence-electron chi connectivity index (χ1n) is 12.9. The normalized spacial score (nSPS) is 25.0. The molecule has 2 aromatic rings. The Balaban J connectivity index is 1.86. The maximum Gasteiger partial charge on any atom is 0.304 e. The number of likely N-dealkylation sites (tertiary alicyclic amines) is 1. The third kappa shape index (κ3) is 5.88. The number of carboxylic acid groups (broad SMARTS) is 1. The summed E-state index contributed by atoms with van der Waals surface area (Å²) in [6.07, 6.45) is 1.75. The van der Waals surface area contributed by atoms with E-state index in [1.165, 1.54) is 4.31 Å². The second-order valence-corrected chi connectivity index (χ2v) is 14.0. The Bertz CT molecular complexity index is 1300. The van der Waals surface area contributed by atoms with Gasteiger partial charge in [0.25, 0.3) is 0 Å². The molecule has 10 heteroatoms. The van der Waals surface area contributed by atoms with E-state index in [-0.39, 0.29) is 30.0 Å². The van der Waals surface area contributed by atoms with Crippen LogP contribution in [0.5, 0.6) is 0 Å². The SMILES string of the molecule is CC[C@@H](CN(C)S(=O)(=O)C1CC1)N1C(=O)[C@@](C)(CC(=O)O)C[C@H](c2cccc(Cl)c2)C1c1ccc(Cl)cc1. The van der Waals surface area contributed by atoms with Crippen molar-refractivity contribution in [1.82, 2.24) is 9.21 Å². The Labute approximate surface area is 234 Å². The van der Waals surface area contributed by atoms with Crippen LogP contribution in [-0.4, -0.2) is 59.5 Å². The quantitative estimate of drug-likeness (QED) is 0.387. The number of hydrogen-bond acceptors (Lipinski definition) is 4. The van der Waals surface area contributed by atoms with Gasteiger partial charge in [0.15, 0.2) is 0 Å². The number of benzene rings is 2. The highest BCUT2D eigenvalue weighted by Gasteiger charge is 2.52. The topological polar surface area (TPSA) is 95.0 Å². The van der Waals surface area contributed by atoms with Crippen molar-refractivity contribution in [2.24, 2.45) is 5.41 Å². The summed E-state index contributed by atoms with van der Waals surface area (Å²) in [4.78, 5) is 28.0. The van der Waals surface area contributed by atoms with Gasteiger partial charge >= 0.3 is 5.97 Å². The minimum Gasteiger partial charge on any atom is -0.481 e. The van der Waals surface area contributed by atoms with E-state index in [9.17, 15) is 23.1 Å². The fourth-order valence-corrected chi connectivity index (χ4v) is 7.66. The van der Waals surface area contributed by atoms with Gasteiger partial charge in [-0.3, -0.25) is 9.59 Å². The fourth-order valence-electron chi connectivity index (χ4n) is 5.72. The van der Waals surface area contributed by atoms with Crippen molar-refractivity contribution >= 4 is 45.1 Å². The highest BCUT2D eigenvalue weighted by Crippen LogP contribution is 2.52. The molecule has 38 heavy (non-hydrogen) atoms. The molecule has 7 nitrogen and oxygen atoms in total. The average molecular weight is 582 g/mol. The summed E-state index contributed by atoms with van der Waals surface area (Å²) in [5.74, 6) is -1.63. The molecule has 2 aliphatic rings. The number of nitrogens with zero attached hydrogens (tertiary/aromatic N) is 2. The third-order valence-electron chi connectivity index (χ3n) is 7.84. The van der Waals surface area contributed by atoms with Crippen LogP contribution in [0.2, 0.25) is 10.0 Å². The molecule has 1 saturated carbocycles. The zero-order valence-corrected chi connectivity index (χ0v) is 24.1. The van der Waals surface area contributed by atoms with E-state index in [4.69, 9.17) is 23.2 Å². The van der Waals surface area contributed by atoms with E-state index >= 15 is 0 Å². The Morgan fingerprint density at radius 2 is 1.79 bits per heavy atom. The molecular weight excluding hydrogens is 547 g/mol. The van der Waals surface area contributed by atoms with Crippen molar-refractivity contribution < 1.29 is 23.1 Å². The highest BCUT2D eigenvalue weighted by atomic mass is 35.5. The lowest BCUT2D eigenvalue weighted by atomic mass is 9.67. The van der Waals surface area contributed by atoms with E-state index in [0.29, 0.717) is 35.7 Å². The first-order chi connectivity index (χ1) is 17.9. The van der Waals surface area contributed by atoms with E-state index < -0.39 is 33.5 Å². The molecule has 1 N–H and O–H groups in total. The fraction of sp³-hybridized carbons (Fsp3) is 0.500. The molecule has 2 fully saturated rings. The zero-order chi connectivity index (χ0) is 27.8. The molecule has 1 aliphatic carbocycles. The van der Waals surface area contributed by atoms with E-state index in [1.807, 2.05) is 37.3 Å². The summed E-state index contributed by atoms with van der Waals surface area (Å²) in [6, 6.07) is 13.8. The van der Waals surface area contributed by atoms with Gasteiger partial charge in [-0.2, -0.15) is 0 Å². The Morgan fingerprint density at radius 3 is 2.34 bits per heavy atom. The lowest BCUT2D eigenvalue weighted by Gasteiger charge is -2.52. The molecule has 4 atom stereocenters. The lowest BCUT2D eigenvalue weighted by Crippen LogP contribution is -2.58. The lowest BCUT2D eigenvalue weighted by molar-refractivity contribution is -0.160. The number of carbonyl (C=O) groups excluding carboxylic acids is 1. The number of piperidine rings is 1. The number of hydrogen-bond donors (Lipinski definition) is 1. The van der Waals surface area contributed by atoms with Crippen LogP contribution in [0.1, 0.15) is 69.0 Å². The summed E-state index contributed by atoms with van der Waals surface area (Å²) >= 11 is 12.6. The Hall–Kier alpha value is -2.13. The van der Waals surface area contributed by atoms with E-state index in [1.54, 1.807) is 37.1 Å². The Kier molecular flexibility index (Phi) is 8.48. The molecule has 206 valence electrons. The molecule has 1 heterocycles.